The van der Waals surface area contributed by atoms with Crippen molar-refractivity contribution in [2.45, 2.75) is 12.8 Å². The molecule has 2 aliphatic heterocycles. The number of hydrogen-bond donors (Lipinski definition) is 0. The molecule has 6 aromatic carbocycles. The average molecular weight is 839 g/mol. The van der Waals surface area contributed by atoms with E-state index >= 15 is 0 Å². The Kier molecular flexibility index (Phi) is 10.7. The van der Waals surface area contributed by atoms with Gasteiger partial charge >= 0.3 is 0 Å². The van der Waals surface area contributed by atoms with E-state index in [0.717, 1.165) is 54.1 Å². The number of benzene rings is 6. The fourth-order valence-corrected chi connectivity index (χ4v) is 6.49. The van der Waals surface area contributed by atoms with Gasteiger partial charge in [-0.15, -0.1) is 47.3 Å². The number of nitrogens with zero attached hydrogens (tertiary/aromatic N) is 5. The zero-order chi connectivity index (χ0) is 33.5. The van der Waals surface area contributed by atoms with Gasteiger partial charge in [0.25, 0.3) is 0 Å². The van der Waals surface area contributed by atoms with Crippen molar-refractivity contribution in [3.63, 3.8) is 0 Å². The summed E-state index contributed by atoms with van der Waals surface area (Å²) in [6.07, 6.45) is 2.20. The maximum Gasteiger partial charge on any atom is 0.0595 e. The van der Waals surface area contributed by atoms with Crippen molar-refractivity contribution < 1.29 is 20.1 Å². The van der Waals surface area contributed by atoms with E-state index in [-0.39, 0.29) is 20.1 Å². The number of unbranched alkanes of at least 4 members (excludes halogenated alkanes) is 1. The van der Waals surface area contributed by atoms with Crippen LogP contribution in [0.3, 0.4) is 0 Å². The molecule has 0 N–H and O–H groups in total. The Hall–Kier alpha value is -5.42. The molecule has 1 radical (unpaired) electrons. The second kappa shape index (κ2) is 16.1. The average Bonchev–Trinajstić information content (AvgIpc) is 3.76. The minimum atomic E-state index is 0. The van der Waals surface area contributed by atoms with E-state index in [1.165, 1.54) is 28.1 Å². The molecule has 255 valence electrons. The Morgan fingerprint density at radius 1 is 0.471 bits per heavy atom. The first-order valence-corrected chi connectivity index (χ1v) is 17.1. The molecule has 0 fully saturated rings. The molecule has 0 unspecified atom stereocenters. The molecule has 0 saturated carbocycles. The minimum absolute atomic E-state index is 0. The van der Waals surface area contributed by atoms with Gasteiger partial charge in [0.15, 0.2) is 0 Å². The van der Waals surface area contributed by atoms with E-state index in [4.69, 9.17) is 0 Å². The van der Waals surface area contributed by atoms with Crippen LogP contribution in [0.4, 0.5) is 34.1 Å². The molecular formula is C45H36IrN5-5. The van der Waals surface area contributed by atoms with Crippen LogP contribution in [0.5, 0.6) is 0 Å². The molecule has 9 rings (SSSR count). The SMILES string of the molecule is [Ir].[c-]1ccccc1-c1ccc2ccccc2n1.[c-]1ccccc1N1[CH-]N(CCCCN2[CH-]N(c3[c-]cccc3)c3ccccc32)c2ccccc21. The van der Waals surface area contributed by atoms with Crippen LogP contribution in [0.1, 0.15) is 12.8 Å². The molecule has 0 amide bonds. The third kappa shape index (κ3) is 7.53. The van der Waals surface area contributed by atoms with E-state index in [9.17, 15) is 0 Å². The Bertz CT molecular complexity index is 2060. The summed E-state index contributed by atoms with van der Waals surface area (Å²) in [6.45, 7) is 6.37. The standard InChI is InChI=1S/C30H26N4.C15H10N.Ir/c1-3-13-25(14-4-1)33-23-31(27-17-7-9-19-29(27)33)21-11-12-22-32-24-34(26-15-5-2-6-16-26)30-20-10-8-18-28(30)32;1-2-6-12(7-3-1)15-11-10-13-8-4-5-9-14(13)16-15;/h1-10,13,15,17-20,23-24H,11-12,21-22H2;1-6,8-11H;/q-4;-1;. The number of hydrogen-bond acceptors (Lipinski definition) is 5. The van der Waals surface area contributed by atoms with E-state index < -0.39 is 0 Å². The van der Waals surface area contributed by atoms with Crippen LogP contribution in [0.15, 0.2) is 158 Å². The minimum Gasteiger partial charge on any atom is -0.501 e. The van der Waals surface area contributed by atoms with Gasteiger partial charge in [-0.25, -0.2) is 0 Å². The summed E-state index contributed by atoms with van der Waals surface area (Å²) < 4.78 is 0. The van der Waals surface area contributed by atoms with Crippen molar-refractivity contribution >= 4 is 45.0 Å². The van der Waals surface area contributed by atoms with E-state index in [0.29, 0.717) is 0 Å². The second-order valence-corrected chi connectivity index (χ2v) is 12.2. The molecule has 7 aromatic rings. The summed E-state index contributed by atoms with van der Waals surface area (Å²) in [4.78, 5) is 13.8. The quantitative estimate of drug-likeness (QED) is 0.112. The molecule has 0 spiro atoms. The maximum absolute atomic E-state index is 4.61. The van der Waals surface area contributed by atoms with Crippen molar-refractivity contribution in [1.29, 1.82) is 0 Å². The smallest absolute Gasteiger partial charge is 0.0595 e. The van der Waals surface area contributed by atoms with Crippen LogP contribution in [0, 0.1) is 31.5 Å². The largest absolute Gasteiger partial charge is 0.501 e. The molecule has 5 nitrogen and oxygen atoms in total. The van der Waals surface area contributed by atoms with Crippen LogP contribution >= 0.6 is 0 Å². The number of aromatic nitrogens is 1. The summed E-state index contributed by atoms with van der Waals surface area (Å²) in [7, 11) is 0. The summed E-state index contributed by atoms with van der Waals surface area (Å²) in [5.41, 5.74) is 10.1. The Morgan fingerprint density at radius 3 is 1.49 bits per heavy atom. The second-order valence-electron chi connectivity index (χ2n) is 12.2. The van der Waals surface area contributed by atoms with Crippen molar-refractivity contribution in [3.05, 3.63) is 189 Å². The van der Waals surface area contributed by atoms with E-state index in [1.54, 1.807) is 0 Å². The summed E-state index contributed by atoms with van der Waals surface area (Å²) in [5, 5.41) is 1.17. The zero-order valence-electron chi connectivity index (χ0n) is 28.1. The van der Waals surface area contributed by atoms with Gasteiger partial charge in [-0.1, -0.05) is 54.6 Å². The zero-order valence-corrected chi connectivity index (χ0v) is 30.5. The predicted molar refractivity (Wildman–Crippen MR) is 206 cm³/mol. The number of para-hydroxylation sites is 7. The summed E-state index contributed by atoms with van der Waals surface area (Å²) in [6, 6.07) is 63.5. The first-order valence-electron chi connectivity index (χ1n) is 17.1. The van der Waals surface area contributed by atoms with Crippen molar-refractivity contribution in [3.8, 4) is 11.3 Å². The van der Waals surface area contributed by atoms with E-state index in [2.05, 4.69) is 141 Å². The Labute approximate surface area is 314 Å². The molecule has 51 heavy (non-hydrogen) atoms. The fourth-order valence-electron chi connectivity index (χ4n) is 6.49. The van der Waals surface area contributed by atoms with Gasteiger partial charge in [-0.05, 0) is 67.3 Å². The Morgan fingerprint density at radius 2 is 0.961 bits per heavy atom. The summed E-state index contributed by atoms with van der Waals surface area (Å²) >= 11 is 0. The van der Waals surface area contributed by atoms with E-state index in [1.807, 2.05) is 72.8 Å². The topological polar surface area (TPSA) is 25.9 Å². The van der Waals surface area contributed by atoms with Crippen LogP contribution < -0.4 is 19.6 Å². The van der Waals surface area contributed by atoms with Crippen LogP contribution in [-0.4, -0.2) is 18.1 Å². The van der Waals surface area contributed by atoms with Gasteiger partial charge in [0, 0.05) is 42.9 Å². The number of rotatable bonds is 8. The van der Waals surface area contributed by atoms with Crippen LogP contribution in [0.2, 0.25) is 0 Å². The first kappa shape index (κ1) is 34.0. The molecule has 6 heteroatoms. The van der Waals surface area contributed by atoms with Crippen molar-refractivity contribution in [2.75, 3.05) is 32.7 Å². The van der Waals surface area contributed by atoms with Gasteiger partial charge < -0.3 is 19.6 Å². The van der Waals surface area contributed by atoms with Gasteiger partial charge in [-0.2, -0.15) is 74.0 Å². The monoisotopic (exact) mass is 839 g/mol. The summed E-state index contributed by atoms with van der Waals surface area (Å²) in [5.74, 6) is 0. The van der Waals surface area contributed by atoms with Gasteiger partial charge in [-0.3, -0.25) is 4.98 Å². The van der Waals surface area contributed by atoms with Gasteiger partial charge in [0.05, 0.1) is 5.52 Å². The number of anilines is 6. The molecular weight excluding hydrogens is 803 g/mol. The molecule has 1 aromatic heterocycles. The molecule has 2 aliphatic rings. The third-order valence-electron chi connectivity index (χ3n) is 8.95. The number of fused-ring (bicyclic) bond motifs is 3. The number of pyridine rings is 1. The van der Waals surface area contributed by atoms with Gasteiger partial charge in [0.2, 0.25) is 0 Å². The molecule has 0 aliphatic carbocycles. The fraction of sp³-hybridized carbons (Fsp3) is 0.0889. The molecule has 3 heterocycles. The third-order valence-corrected chi connectivity index (χ3v) is 8.95. The molecule has 0 atom stereocenters. The van der Waals surface area contributed by atoms with Crippen molar-refractivity contribution in [1.82, 2.24) is 4.98 Å². The normalized spacial score (nSPS) is 12.9. The van der Waals surface area contributed by atoms with Crippen molar-refractivity contribution in [2.24, 2.45) is 0 Å². The molecule has 0 saturated heterocycles. The van der Waals surface area contributed by atoms with Crippen LogP contribution in [-0.2, 0) is 20.1 Å². The maximum atomic E-state index is 4.61. The Balaban J connectivity index is 0.000000200. The first-order chi connectivity index (χ1) is 24.8. The molecule has 0 bridgehead atoms. The predicted octanol–water partition coefficient (Wildman–Crippen LogP) is 10.6. The van der Waals surface area contributed by atoms with Gasteiger partial charge in [0.1, 0.15) is 0 Å². The van der Waals surface area contributed by atoms with Crippen LogP contribution in [0.25, 0.3) is 22.2 Å².